The van der Waals surface area contributed by atoms with Gasteiger partial charge in [-0.15, -0.1) is 0 Å². The molecule has 6 heterocycles. The van der Waals surface area contributed by atoms with Crippen LogP contribution in [0.1, 0.15) is 97.7 Å². The van der Waals surface area contributed by atoms with E-state index in [9.17, 15) is 83.1 Å². The minimum absolute atomic E-state index is 0.0402. The van der Waals surface area contributed by atoms with Gasteiger partial charge >= 0.3 is 5.97 Å². The number of benzene rings is 2. The third kappa shape index (κ3) is 16.6. The Morgan fingerprint density at radius 2 is 1.44 bits per heavy atom. The molecule has 5 aliphatic rings. The molecule has 0 bridgehead atoms. The molecule has 4 aliphatic heterocycles. The molecule has 9 atom stereocenters. The quantitative estimate of drug-likeness (QED) is 0.00872. The molecule has 1 fully saturated rings. The fourth-order valence-corrected chi connectivity index (χ4v) is 12.1. The van der Waals surface area contributed by atoms with Crippen LogP contribution in [0.25, 0.3) is 22.3 Å². The number of aliphatic hydroxyl groups is 5. The number of methoxy groups -OCH3 is 1. The number of carbonyl (C=O) groups is 11. The Morgan fingerprint density at radius 3 is 2.15 bits per heavy atom. The fraction of sp³-hybridized carbons (Fsp3) is 0.484. The van der Waals surface area contributed by atoms with Crippen LogP contribution in [-0.2, 0) is 98.5 Å². The number of rotatable bonds is 31. The van der Waals surface area contributed by atoms with Gasteiger partial charge in [-0.05, 0) is 67.3 Å². The summed E-state index contributed by atoms with van der Waals surface area (Å²) in [5, 5.41) is 72.5. The number of fused-ring (bicyclic) bond motifs is 5. The van der Waals surface area contributed by atoms with Crippen molar-refractivity contribution in [1.82, 2.24) is 57.0 Å². The highest BCUT2D eigenvalue weighted by Gasteiger charge is 2.47. The van der Waals surface area contributed by atoms with E-state index in [0.717, 1.165) is 33.6 Å². The SMILES string of the molecule is CC[C@@]1(O)C(=O)OCc2c1cc1n(c2=O)Cc2c-1nc1cc(OC)cc3c1c2[C@@H](NC(=O)COCNC(=O)CNC(=O)[C@H](Cc1ccccc1)NC(=O)CNC(=O)CNC(=O)[C@H](CCC(=O)NC[C@@H]1O[C@H](CO)[C@@H](O)[C@H](O)[C@H]1O)NC(=O)CCCCCN1C(=O)C=CC1=O)CC3. The number of hydrogen-bond acceptors (Lipinski definition) is 22. The van der Waals surface area contributed by atoms with Gasteiger partial charge in [0.1, 0.15) is 68.3 Å². The highest BCUT2D eigenvalue weighted by molar-refractivity contribution is 6.12. The number of amides is 10. The Kier molecular flexibility index (Phi) is 23.4. The van der Waals surface area contributed by atoms with Crippen molar-refractivity contribution >= 4 is 75.9 Å². The van der Waals surface area contributed by atoms with Crippen LogP contribution in [0.15, 0.2) is 65.5 Å². The first-order valence-corrected chi connectivity index (χ1v) is 31.4. The van der Waals surface area contributed by atoms with E-state index < -0.39 is 171 Å². The van der Waals surface area contributed by atoms with E-state index in [2.05, 4.69) is 42.5 Å². The smallest absolute Gasteiger partial charge is 0.343 e. The van der Waals surface area contributed by atoms with Crippen molar-refractivity contribution in [3.8, 4) is 17.1 Å². The lowest BCUT2D eigenvalue weighted by Gasteiger charge is -2.40. The fourth-order valence-electron chi connectivity index (χ4n) is 12.1. The van der Waals surface area contributed by atoms with E-state index in [4.69, 9.17) is 23.9 Å². The Balaban J connectivity index is 0.739. The van der Waals surface area contributed by atoms with Gasteiger partial charge in [0.2, 0.25) is 47.3 Å². The van der Waals surface area contributed by atoms with Crippen molar-refractivity contribution in [2.75, 3.05) is 59.8 Å². The number of carbonyl (C=O) groups excluding carboxylic acids is 11. The van der Waals surface area contributed by atoms with Gasteiger partial charge in [-0.25, -0.2) is 9.78 Å². The zero-order valence-electron chi connectivity index (χ0n) is 52.6. The number of nitrogens with zero attached hydrogens (tertiary/aromatic N) is 3. The van der Waals surface area contributed by atoms with Gasteiger partial charge in [-0.3, -0.25) is 57.6 Å². The number of ether oxygens (including phenoxy) is 4. The zero-order valence-corrected chi connectivity index (χ0v) is 52.6. The summed E-state index contributed by atoms with van der Waals surface area (Å²) in [5.74, 6) is -7.17. The molecule has 4 aromatic rings. The molecule has 9 rings (SSSR count). The van der Waals surface area contributed by atoms with Crippen molar-refractivity contribution in [2.45, 2.75) is 139 Å². The highest BCUT2D eigenvalue weighted by atomic mass is 16.6. The van der Waals surface area contributed by atoms with Crippen molar-refractivity contribution in [3.05, 3.63) is 104 Å². The van der Waals surface area contributed by atoms with Crippen LogP contribution in [0.3, 0.4) is 0 Å². The number of esters is 1. The summed E-state index contributed by atoms with van der Waals surface area (Å²) in [5.41, 5.74) is 2.11. The topological polar surface area (TPSA) is 460 Å². The lowest BCUT2D eigenvalue weighted by Crippen LogP contribution is -2.60. The summed E-state index contributed by atoms with van der Waals surface area (Å²) in [4.78, 5) is 163. The van der Waals surface area contributed by atoms with Crippen molar-refractivity contribution in [1.29, 1.82) is 0 Å². The largest absolute Gasteiger partial charge is 0.497 e. The van der Waals surface area contributed by atoms with Gasteiger partial charge < -0.3 is 91.6 Å². The predicted octanol–water partition coefficient (Wildman–Crippen LogP) is -3.93. The number of aliphatic hydroxyl groups excluding tert-OH is 4. The number of unbranched alkanes of at least 4 members (excludes halogenated alkanes) is 2. The number of aryl methyl sites for hydroxylation is 1. The van der Waals surface area contributed by atoms with Gasteiger partial charge in [0.15, 0.2) is 5.60 Å². The van der Waals surface area contributed by atoms with Crippen LogP contribution >= 0.6 is 0 Å². The summed E-state index contributed by atoms with van der Waals surface area (Å²) in [6, 6.07) is 10.5. The standard InChI is InChI=1S/C64H77N11O21/c1-3-64(92)38-23-43-56-36(28-75(43)62(90)37(38)30-95-63(64)91)55-39(14-13-34-21-35(93-2)22-41(73-56)54(34)55)70-51(82)31-94-32-69-49(80)26-68-61(89)42(20-33-10-6-4-7-11-33)72-50(81)27-66-48(79)25-67-60(88)40(71-47(78)12-8-5-9-19-74-52(83)17-18-53(74)84)15-16-46(77)65-24-44-57(85)59(87)58(86)45(29-76)96-44/h4,6-7,10-11,17-18,21-23,39-40,42,44-45,57-59,76,85-87,92H,3,5,8-9,12-16,19-20,24-32H2,1-2H3,(H,65,77)(H,66,79)(H,67,88)(H,68,89)(H,69,80)(H,70,82)(H,71,78)(H,72,81)/t39-,40-,42-,44-,45+,57-,58+,59+,64-/m0/s1. The first-order valence-electron chi connectivity index (χ1n) is 31.4. The van der Waals surface area contributed by atoms with E-state index in [1.54, 1.807) is 49.4 Å². The molecule has 10 amide bonds. The number of aromatic nitrogens is 2. The second-order valence-corrected chi connectivity index (χ2v) is 23.7. The van der Waals surface area contributed by atoms with Crippen LogP contribution < -0.4 is 52.8 Å². The van der Waals surface area contributed by atoms with Crippen molar-refractivity contribution < 1.29 is 97.2 Å². The summed E-state index contributed by atoms with van der Waals surface area (Å²) in [6.45, 7) is -2.50. The van der Waals surface area contributed by atoms with Gasteiger partial charge in [-0.2, -0.15) is 0 Å². The number of imide groups is 1. The maximum absolute atomic E-state index is 14.1. The lowest BCUT2D eigenvalue weighted by atomic mass is 9.83. The maximum Gasteiger partial charge on any atom is 0.343 e. The molecule has 0 radical (unpaired) electrons. The summed E-state index contributed by atoms with van der Waals surface area (Å²) < 4.78 is 23.3. The lowest BCUT2D eigenvalue weighted by molar-refractivity contribution is -0.227. The zero-order chi connectivity index (χ0) is 69.0. The van der Waals surface area contributed by atoms with Gasteiger partial charge in [0.05, 0.1) is 68.4 Å². The van der Waals surface area contributed by atoms with E-state index in [-0.39, 0.29) is 69.5 Å². The van der Waals surface area contributed by atoms with Crippen molar-refractivity contribution in [2.24, 2.45) is 0 Å². The number of pyridine rings is 2. The molecule has 0 unspecified atom stereocenters. The minimum Gasteiger partial charge on any atom is -0.497 e. The predicted molar refractivity (Wildman–Crippen MR) is 333 cm³/mol. The van der Waals surface area contributed by atoms with Crippen LogP contribution in [0.2, 0.25) is 0 Å². The molecule has 13 N–H and O–H groups in total. The molecule has 2 aromatic heterocycles. The Bertz CT molecular complexity index is 3750. The Labute approximate surface area is 548 Å². The third-order valence-electron chi connectivity index (χ3n) is 17.3. The van der Waals surface area contributed by atoms with Crippen LogP contribution in [-0.4, -0.2) is 207 Å². The second kappa shape index (κ2) is 31.8. The molecule has 0 spiro atoms. The first kappa shape index (κ1) is 70.7. The van der Waals surface area contributed by atoms with E-state index >= 15 is 0 Å². The highest BCUT2D eigenvalue weighted by Crippen LogP contribution is 2.46. The maximum atomic E-state index is 14.1. The normalized spacial score (nSPS) is 21.2. The summed E-state index contributed by atoms with van der Waals surface area (Å²) in [6.07, 6.45) is -3.93. The van der Waals surface area contributed by atoms with E-state index in [1.807, 2.05) is 6.07 Å². The molecule has 0 saturated carbocycles. The monoisotopic (exact) mass is 1340 g/mol. The third-order valence-corrected chi connectivity index (χ3v) is 17.3. The average Bonchev–Trinajstić information content (AvgIpc) is 1.49. The number of nitrogens with one attached hydrogen (secondary N) is 8. The molecule has 32 nitrogen and oxygen atoms in total. The van der Waals surface area contributed by atoms with E-state index in [1.165, 1.54) is 11.7 Å². The Hall–Kier alpha value is -9.57. The van der Waals surface area contributed by atoms with Gasteiger partial charge in [0, 0.05) is 67.1 Å². The molecule has 96 heavy (non-hydrogen) atoms. The number of cyclic esters (lactones) is 1. The van der Waals surface area contributed by atoms with Crippen LogP contribution in [0.4, 0.5) is 0 Å². The molecule has 514 valence electrons. The van der Waals surface area contributed by atoms with E-state index in [0.29, 0.717) is 59.5 Å². The Morgan fingerprint density at radius 1 is 0.750 bits per heavy atom. The summed E-state index contributed by atoms with van der Waals surface area (Å²) in [7, 11) is 1.53. The van der Waals surface area contributed by atoms with Crippen LogP contribution in [0, 0.1) is 0 Å². The van der Waals surface area contributed by atoms with Gasteiger partial charge in [0.25, 0.3) is 17.4 Å². The van der Waals surface area contributed by atoms with Crippen LogP contribution in [0.5, 0.6) is 5.75 Å². The molecule has 32 heteroatoms. The number of hydrogen-bond donors (Lipinski definition) is 13. The molecule has 1 saturated heterocycles. The molecule has 2 aromatic carbocycles. The first-order chi connectivity index (χ1) is 46.0. The molecular formula is C64H77N11O21. The average molecular weight is 1340 g/mol. The molecular weight excluding hydrogens is 1260 g/mol. The summed E-state index contributed by atoms with van der Waals surface area (Å²) >= 11 is 0. The second-order valence-electron chi connectivity index (χ2n) is 23.7. The molecule has 1 aliphatic carbocycles. The van der Waals surface area contributed by atoms with Crippen molar-refractivity contribution in [3.63, 3.8) is 0 Å². The minimum atomic E-state index is -2.04. The van der Waals surface area contributed by atoms with Gasteiger partial charge in [-0.1, -0.05) is 43.7 Å².